The van der Waals surface area contributed by atoms with Gasteiger partial charge in [0.15, 0.2) is 6.61 Å². The monoisotopic (exact) mass is 482 g/mol. The number of fused-ring (bicyclic) bond motifs is 1. The van der Waals surface area contributed by atoms with Crippen molar-refractivity contribution < 1.29 is 23.9 Å². The summed E-state index contributed by atoms with van der Waals surface area (Å²) >= 11 is 0. The van der Waals surface area contributed by atoms with E-state index >= 15 is 0 Å². The fourth-order valence-corrected chi connectivity index (χ4v) is 5.14. The second-order valence-electron chi connectivity index (χ2n) is 9.18. The van der Waals surface area contributed by atoms with Gasteiger partial charge >= 0.3 is 5.97 Å². The van der Waals surface area contributed by atoms with Gasteiger partial charge in [0, 0.05) is 5.69 Å². The summed E-state index contributed by atoms with van der Waals surface area (Å²) in [5.74, 6) is -1.84. The van der Waals surface area contributed by atoms with E-state index in [-0.39, 0.29) is 35.1 Å². The van der Waals surface area contributed by atoms with Crippen LogP contribution in [0.2, 0.25) is 0 Å². The van der Waals surface area contributed by atoms with E-state index in [0.717, 1.165) is 6.42 Å². The highest BCUT2D eigenvalue weighted by Gasteiger charge is 2.50. The van der Waals surface area contributed by atoms with Gasteiger partial charge in [-0.05, 0) is 67.1 Å². The van der Waals surface area contributed by atoms with Crippen LogP contribution in [-0.4, -0.2) is 30.3 Å². The number of benzene rings is 3. The Hall–Kier alpha value is -4.26. The van der Waals surface area contributed by atoms with Gasteiger partial charge in [0.2, 0.25) is 11.8 Å². The Morgan fingerprint density at radius 1 is 0.806 bits per heavy atom. The van der Waals surface area contributed by atoms with Crippen molar-refractivity contribution >= 4 is 35.1 Å². The minimum absolute atomic E-state index is 0.176. The number of hydrogen-bond acceptors (Lipinski definition) is 5. The largest absolute Gasteiger partial charge is 0.452 e. The van der Waals surface area contributed by atoms with E-state index in [1.165, 1.54) is 22.6 Å². The maximum atomic E-state index is 13.2. The molecule has 0 spiro atoms. The van der Waals surface area contributed by atoms with Crippen LogP contribution in [0.15, 0.2) is 84.9 Å². The van der Waals surface area contributed by atoms with Crippen molar-refractivity contribution in [1.82, 2.24) is 0 Å². The fraction of sp³-hybridized carbons (Fsp3) is 0.241. The van der Waals surface area contributed by atoms with E-state index in [4.69, 9.17) is 4.74 Å². The molecule has 3 aromatic carbocycles. The van der Waals surface area contributed by atoms with Crippen molar-refractivity contribution in [3.05, 3.63) is 96.1 Å². The Labute approximate surface area is 209 Å². The minimum Gasteiger partial charge on any atom is -0.452 e. The van der Waals surface area contributed by atoms with Gasteiger partial charge in [-0.3, -0.25) is 19.3 Å². The number of hydrogen-bond donors (Lipinski definition) is 1. The number of para-hydroxylation sites is 1. The topological polar surface area (TPSA) is 92.8 Å². The van der Waals surface area contributed by atoms with Gasteiger partial charge in [0.1, 0.15) is 0 Å². The highest BCUT2D eigenvalue weighted by Crippen LogP contribution is 2.45. The third-order valence-electron chi connectivity index (χ3n) is 6.95. The third-order valence-corrected chi connectivity index (χ3v) is 6.95. The zero-order valence-corrected chi connectivity index (χ0v) is 19.6. The quantitative estimate of drug-likeness (QED) is 0.411. The Kier molecular flexibility index (Phi) is 6.62. The van der Waals surface area contributed by atoms with Gasteiger partial charge in [-0.25, -0.2) is 4.79 Å². The zero-order valence-electron chi connectivity index (χ0n) is 19.6. The summed E-state index contributed by atoms with van der Waals surface area (Å²) in [6.45, 7) is -0.426. The molecular weight excluding hydrogens is 456 g/mol. The lowest BCUT2D eigenvalue weighted by Crippen LogP contribution is -2.30. The first-order valence-corrected chi connectivity index (χ1v) is 12.1. The third kappa shape index (κ3) is 4.77. The van der Waals surface area contributed by atoms with Gasteiger partial charge in [-0.1, -0.05) is 48.5 Å². The molecule has 1 aliphatic heterocycles. The Morgan fingerprint density at radius 2 is 1.44 bits per heavy atom. The summed E-state index contributed by atoms with van der Waals surface area (Å²) in [6.07, 6.45) is 2.21. The molecule has 3 amide bonds. The lowest BCUT2D eigenvalue weighted by molar-refractivity contribution is -0.122. The predicted octanol–water partition coefficient (Wildman–Crippen LogP) is 4.56. The zero-order chi connectivity index (χ0) is 25.1. The van der Waals surface area contributed by atoms with E-state index in [2.05, 4.69) is 17.4 Å². The van der Waals surface area contributed by atoms with Crippen LogP contribution in [0.25, 0.3) is 0 Å². The number of nitrogens with one attached hydrogen (secondary N) is 1. The Bertz CT molecular complexity index is 1270. The van der Waals surface area contributed by atoms with Crippen LogP contribution in [0.3, 0.4) is 0 Å². The molecule has 3 aromatic rings. The average molecular weight is 483 g/mol. The molecule has 2 aliphatic rings. The summed E-state index contributed by atoms with van der Waals surface area (Å²) in [6, 6.07) is 25.1. The van der Waals surface area contributed by atoms with E-state index in [0.29, 0.717) is 24.2 Å². The highest BCUT2D eigenvalue weighted by molar-refractivity contribution is 6.22. The van der Waals surface area contributed by atoms with Crippen LogP contribution < -0.4 is 10.2 Å². The summed E-state index contributed by atoms with van der Waals surface area (Å²) in [5.41, 5.74) is 2.48. The fourth-order valence-electron chi connectivity index (χ4n) is 5.14. The molecule has 1 saturated heterocycles. The normalized spacial score (nSPS) is 21.1. The molecule has 0 radical (unpaired) electrons. The average Bonchev–Trinajstić information content (AvgIpc) is 3.17. The lowest BCUT2D eigenvalue weighted by atomic mass is 9.73. The summed E-state index contributed by atoms with van der Waals surface area (Å²) < 4.78 is 5.10. The van der Waals surface area contributed by atoms with Crippen LogP contribution in [0.1, 0.15) is 41.1 Å². The molecule has 36 heavy (non-hydrogen) atoms. The molecule has 1 aliphatic carbocycles. The van der Waals surface area contributed by atoms with Crippen LogP contribution >= 0.6 is 0 Å². The summed E-state index contributed by atoms with van der Waals surface area (Å²) in [7, 11) is 0. The van der Waals surface area contributed by atoms with Crippen molar-refractivity contribution in [3.63, 3.8) is 0 Å². The smallest absolute Gasteiger partial charge is 0.338 e. The van der Waals surface area contributed by atoms with E-state index in [9.17, 15) is 19.2 Å². The maximum absolute atomic E-state index is 13.2. The lowest BCUT2D eigenvalue weighted by Gasteiger charge is -2.28. The second-order valence-corrected chi connectivity index (χ2v) is 9.18. The number of imide groups is 1. The number of rotatable bonds is 6. The number of nitrogens with zero attached hydrogens (tertiary/aromatic N) is 1. The molecule has 0 unspecified atom stereocenters. The number of amides is 3. The number of esters is 1. The van der Waals surface area contributed by atoms with Crippen molar-refractivity contribution in [1.29, 1.82) is 0 Å². The van der Waals surface area contributed by atoms with Gasteiger partial charge in [0.25, 0.3) is 5.91 Å². The Morgan fingerprint density at radius 3 is 2.14 bits per heavy atom. The van der Waals surface area contributed by atoms with Crippen LogP contribution in [-0.2, 0) is 19.1 Å². The summed E-state index contributed by atoms with van der Waals surface area (Å²) in [5, 5.41) is 2.64. The molecule has 182 valence electrons. The molecule has 0 bridgehead atoms. The van der Waals surface area contributed by atoms with Crippen molar-refractivity contribution in [2.75, 3.05) is 16.8 Å². The maximum Gasteiger partial charge on any atom is 0.338 e. The molecule has 1 heterocycles. The van der Waals surface area contributed by atoms with Gasteiger partial charge < -0.3 is 10.1 Å². The SMILES string of the molecule is O=C(COC(=O)c1ccc(N2C(=O)[C@@H]3CC[C@@H](c4ccccc4)C[C@H]3C2=O)cc1)Nc1ccccc1. The first kappa shape index (κ1) is 23.5. The number of anilines is 2. The van der Waals surface area contributed by atoms with Crippen LogP contribution in [0.5, 0.6) is 0 Å². The van der Waals surface area contributed by atoms with Gasteiger partial charge in [-0.2, -0.15) is 0 Å². The molecule has 3 atom stereocenters. The first-order chi connectivity index (χ1) is 17.5. The molecule has 0 aromatic heterocycles. The number of carbonyl (C=O) groups is 4. The summed E-state index contributed by atoms with van der Waals surface area (Å²) in [4.78, 5) is 52.0. The molecular formula is C29H26N2O5. The number of carbonyl (C=O) groups excluding carboxylic acids is 4. The highest BCUT2D eigenvalue weighted by atomic mass is 16.5. The molecule has 1 N–H and O–H groups in total. The molecule has 5 rings (SSSR count). The van der Waals surface area contributed by atoms with Crippen LogP contribution in [0, 0.1) is 11.8 Å². The molecule has 1 saturated carbocycles. The second kappa shape index (κ2) is 10.2. The van der Waals surface area contributed by atoms with Crippen LogP contribution in [0.4, 0.5) is 11.4 Å². The van der Waals surface area contributed by atoms with Gasteiger partial charge in [-0.15, -0.1) is 0 Å². The number of ether oxygens (including phenoxy) is 1. The first-order valence-electron chi connectivity index (χ1n) is 12.1. The minimum atomic E-state index is -0.664. The van der Waals surface area contributed by atoms with Crippen molar-refractivity contribution in [3.8, 4) is 0 Å². The van der Waals surface area contributed by atoms with Gasteiger partial charge in [0.05, 0.1) is 23.1 Å². The van der Waals surface area contributed by atoms with E-state index in [1.807, 2.05) is 24.3 Å². The van der Waals surface area contributed by atoms with E-state index < -0.39 is 18.5 Å². The molecule has 2 fully saturated rings. The molecule has 7 nitrogen and oxygen atoms in total. The predicted molar refractivity (Wildman–Crippen MR) is 134 cm³/mol. The molecule has 7 heteroatoms. The van der Waals surface area contributed by atoms with E-state index in [1.54, 1.807) is 36.4 Å². The van der Waals surface area contributed by atoms with Crippen molar-refractivity contribution in [2.24, 2.45) is 11.8 Å². The standard InChI is InChI=1S/C29H26N2O5/c32-26(30-22-9-5-2-6-10-22)18-36-29(35)20-11-14-23(15-12-20)31-27(33)24-16-13-21(17-25(24)28(31)34)19-7-3-1-4-8-19/h1-12,14-15,21,24-25H,13,16-18H2,(H,30,32)/t21-,24-,25-/m1/s1. The Balaban J connectivity index is 1.21. The van der Waals surface area contributed by atoms with Crippen molar-refractivity contribution in [2.45, 2.75) is 25.2 Å².